The minimum atomic E-state index is 0.164. The molecule has 0 radical (unpaired) electrons. The Labute approximate surface area is 77.2 Å². The van der Waals surface area contributed by atoms with E-state index in [4.69, 9.17) is 5.73 Å². The van der Waals surface area contributed by atoms with Crippen molar-refractivity contribution in [2.24, 2.45) is 5.73 Å². The summed E-state index contributed by atoms with van der Waals surface area (Å²) in [6.07, 6.45) is 3.83. The monoisotopic (exact) mass is 175 g/mol. The van der Waals surface area contributed by atoms with Crippen molar-refractivity contribution in [2.75, 3.05) is 0 Å². The summed E-state index contributed by atoms with van der Waals surface area (Å²) < 4.78 is 2.08. The van der Waals surface area contributed by atoms with Gasteiger partial charge in [0.25, 0.3) is 0 Å². The van der Waals surface area contributed by atoms with E-state index in [1.807, 2.05) is 19.2 Å². The van der Waals surface area contributed by atoms with Crippen LogP contribution in [0.5, 0.6) is 0 Å². The average molecular weight is 175 g/mol. The Balaban J connectivity index is 2.46. The number of nitrogens with zero attached hydrogens (tertiary/aromatic N) is 2. The lowest BCUT2D eigenvalue weighted by molar-refractivity contribution is 0.602. The first-order valence-electron chi connectivity index (χ1n) is 4.43. The van der Waals surface area contributed by atoms with Gasteiger partial charge in [0, 0.05) is 30.4 Å². The molecule has 2 aromatic heterocycles. The molecule has 2 aromatic rings. The van der Waals surface area contributed by atoms with Crippen LogP contribution in [0, 0.1) is 0 Å². The second kappa shape index (κ2) is 3.18. The molecular formula is C10H13N3. The molecule has 2 heterocycles. The van der Waals surface area contributed by atoms with Crippen LogP contribution < -0.4 is 5.73 Å². The Kier molecular flexibility index (Phi) is 2.02. The second-order valence-electron chi connectivity index (χ2n) is 3.36. The maximum absolute atomic E-state index is 5.73. The Hall–Kier alpha value is -1.35. The fraction of sp³-hybridized carbons (Fsp3) is 0.300. The van der Waals surface area contributed by atoms with Gasteiger partial charge in [-0.05, 0) is 25.1 Å². The second-order valence-corrected chi connectivity index (χ2v) is 3.36. The van der Waals surface area contributed by atoms with E-state index in [1.165, 1.54) is 5.39 Å². The molecule has 2 N–H and O–H groups in total. The van der Waals surface area contributed by atoms with Crippen molar-refractivity contribution in [3.05, 3.63) is 30.6 Å². The molecule has 2 rings (SSSR count). The molecule has 0 aliphatic carbocycles. The van der Waals surface area contributed by atoms with Gasteiger partial charge >= 0.3 is 0 Å². The number of pyridine rings is 1. The average Bonchev–Trinajstić information content (AvgIpc) is 2.48. The van der Waals surface area contributed by atoms with E-state index < -0.39 is 0 Å². The fourth-order valence-electron chi connectivity index (χ4n) is 1.48. The zero-order valence-electron chi connectivity index (χ0n) is 7.64. The first-order chi connectivity index (χ1) is 6.27. The maximum Gasteiger partial charge on any atom is 0.139 e. The van der Waals surface area contributed by atoms with Crippen molar-refractivity contribution >= 4 is 11.0 Å². The van der Waals surface area contributed by atoms with Gasteiger partial charge in [-0.2, -0.15) is 0 Å². The molecular weight excluding hydrogens is 162 g/mol. The third kappa shape index (κ3) is 1.55. The predicted octanol–water partition coefficient (Wildman–Crippen LogP) is 1.38. The molecule has 0 aliphatic heterocycles. The lowest BCUT2D eigenvalue weighted by atomic mass is 10.3. The van der Waals surface area contributed by atoms with E-state index in [9.17, 15) is 0 Å². The lowest BCUT2D eigenvalue weighted by Gasteiger charge is -2.06. The van der Waals surface area contributed by atoms with Gasteiger partial charge in [-0.1, -0.05) is 0 Å². The van der Waals surface area contributed by atoms with Gasteiger partial charge in [-0.25, -0.2) is 4.98 Å². The smallest absolute Gasteiger partial charge is 0.139 e. The summed E-state index contributed by atoms with van der Waals surface area (Å²) >= 11 is 0. The summed E-state index contributed by atoms with van der Waals surface area (Å²) in [7, 11) is 0. The van der Waals surface area contributed by atoms with Gasteiger partial charge in [-0.15, -0.1) is 0 Å². The van der Waals surface area contributed by atoms with Crippen LogP contribution >= 0.6 is 0 Å². The van der Waals surface area contributed by atoms with Gasteiger partial charge in [0.1, 0.15) is 5.65 Å². The quantitative estimate of drug-likeness (QED) is 0.749. The van der Waals surface area contributed by atoms with E-state index in [1.54, 1.807) is 6.20 Å². The van der Waals surface area contributed by atoms with E-state index in [0.717, 1.165) is 12.2 Å². The Morgan fingerprint density at radius 1 is 1.54 bits per heavy atom. The van der Waals surface area contributed by atoms with Crippen molar-refractivity contribution in [2.45, 2.75) is 19.5 Å². The summed E-state index contributed by atoms with van der Waals surface area (Å²) in [6, 6.07) is 6.22. The molecule has 1 unspecified atom stereocenters. The van der Waals surface area contributed by atoms with E-state index in [2.05, 4.69) is 21.7 Å². The van der Waals surface area contributed by atoms with Gasteiger partial charge in [0.15, 0.2) is 0 Å². The summed E-state index contributed by atoms with van der Waals surface area (Å²) in [5.41, 5.74) is 6.74. The number of hydrogen-bond donors (Lipinski definition) is 1. The van der Waals surface area contributed by atoms with E-state index >= 15 is 0 Å². The van der Waals surface area contributed by atoms with Crippen LogP contribution in [0.15, 0.2) is 30.6 Å². The molecule has 3 nitrogen and oxygen atoms in total. The van der Waals surface area contributed by atoms with E-state index in [-0.39, 0.29) is 6.04 Å². The van der Waals surface area contributed by atoms with Crippen molar-refractivity contribution in [3.8, 4) is 0 Å². The van der Waals surface area contributed by atoms with Crippen molar-refractivity contribution in [1.29, 1.82) is 0 Å². The maximum atomic E-state index is 5.73. The van der Waals surface area contributed by atoms with Crippen LogP contribution in [-0.2, 0) is 6.54 Å². The third-order valence-electron chi connectivity index (χ3n) is 2.01. The number of rotatable bonds is 2. The number of nitrogens with two attached hydrogens (primary N) is 1. The SMILES string of the molecule is CC(N)Cn1ccc2cccnc21. The molecule has 3 heteroatoms. The predicted molar refractivity (Wildman–Crippen MR) is 53.4 cm³/mol. The highest BCUT2D eigenvalue weighted by atomic mass is 15.0. The topological polar surface area (TPSA) is 43.8 Å². The van der Waals surface area contributed by atoms with Crippen LogP contribution in [0.25, 0.3) is 11.0 Å². The molecule has 13 heavy (non-hydrogen) atoms. The normalized spacial score (nSPS) is 13.4. The van der Waals surface area contributed by atoms with Crippen LogP contribution in [0.2, 0.25) is 0 Å². The van der Waals surface area contributed by atoms with Gasteiger partial charge in [0.05, 0.1) is 0 Å². The minimum absolute atomic E-state index is 0.164. The summed E-state index contributed by atoms with van der Waals surface area (Å²) in [6.45, 7) is 2.81. The van der Waals surface area contributed by atoms with Crippen molar-refractivity contribution in [3.63, 3.8) is 0 Å². The highest BCUT2D eigenvalue weighted by molar-refractivity contribution is 5.75. The summed E-state index contributed by atoms with van der Waals surface area (Å²) in [5.74, 6) is 0. The van der Waals surface area contributed by atoms with Gasteiger partial charge in [0.2, 0.25) is 0 Å². The molecule has 0 bridgehead atoms. The highest BCUT2D eigenvalue weighted by Gasteiger charge is 2.02. The molecule has 0 spiro atoms. The first kappa shape index (κ1) is 8.26. The standard InChI is InChI=1S/C10H13N3/c1-8(11)7-13-6-4-9-3-2-5-12-10(9)13/h2-6,8H,7,11H2,1H3. The molecule has 0 saturated carbocycles. The highest BCUT2D eigenvalue weighted by Crippen LogP contribution is 2.12. The van der Waals surface area contributed by atoms with Crippen LogP contribution in [0.4, 0.5) is 0 Å². The number of hydrogen-bond acceptors (Lipinski definition) is 2. The molecule has 0 aromatic carbocycles. The molecule has 0 amide bonds. The Bertz CT molecular complexity index is 403. The molecule has 1 atom stereocenters. The molecule has 0 fully saturated rings. The minimum Gasteiger partial charge on any atom is -0.331 e. The van der Waals surface area contributed by atoms with Crippen LogP contribution in [0.3, 0.4) is 0 Å². The van der Waals surface area contributed by atoms with Crippen molar-refractivity contribution < 1.29 is 0 Å². The summed E-state index contributed by atoms with van der Waals surface area (Å²) in [4.78, 5) is 4.30. The van der Waals surface area contributed by atoms with Gasteiger partial charge < -0.3 is 10.3 Å². The van der Waals surface area contributed by atoms with Gasteiger partial charge in [-0.3, -0.25) is 0 Å². The van der Waals surface area contributed by atoms with Crippen molar-refractivity contribution in [1.82, 2.24) is 9.55 Å². The zero-order valence-corrected chi connectivity index (χ0v) is 7.64. The summed E-state index contributed by atoms with van der Waals surface area (Å²) in [5, 5.41) is 1.17. The first-order valence-corrected chi connectivity index (χ1v) is 4.43. The molecule has 68 valence electrons. The largest absolute Gasteiger partial charge is 0.331 e. The van der Waals surface area contributed by atoms with Crippen LogP contribution in [-0.4, -0.2) is 15.6 Å². The third-order valence-corrected chi connectivity index (χ3v) is 2.01. The molecule has 0 saturated heterocycles. The van der Waals surface area contributed by atoms with Crippen LogP contribution in [0.1, 0.15) is 6.92 Å². The number of aromatic nitrogens is 2. The molecule has 0 aliphatic rings. The zero-order chi connectivity index (χ0) is 9.26. The lowest BCUT2D eigenvalue weighted by Crippen LogP contribution is -2.21. The fourth-order valence-corrected chi connectivity index (χ4v) is 1.48. The Morgan fingerprint density at radius 3 is 3.15 bits per heavy atom. The number of fused-ring (bicyclic) bond motifs is 1. The van der Waals surface area contributed by atoms with E-state index in [0.29, 0.717) is 0 Å². The Morgan fingerprint density at radius 2 is 2.38 bits per heavy atom.